The highest BCUT2D eigenvalue weighted by Crippen LogP contribution is 2.28. The molecule has 2 atom stereocenters. The van der Waals surface area contributed by atoms with E-state index in [0.29, 0.717) is 11.5 Å². The van der Waals surface area contributed by atoms with Crippen molar-refractivity contribution < 1.29 is 27.9 Å². The predicted octanol–water partition coefficient (Wildman–Crippen LogP) is 8.06. The number of furan rings is 2. The van der Waals surface area contributed by atoms with Crippen LogP contribution in [-0.2, 0) is 9.47 Å². The van der Waals surface area contributed by atoms with Crippen LogP contribution in [0.1, 0.15) is 137 Å². The van der Waals surface area contributed by atoms with Crippen molar-refractivity contribution >= 4 is 11.9 Å². The van der Waals surface area contributed by atoms with E-state index in [1.54, 1.807) is 24.3 Å². The minimum absolute atomic E-state index is 0.150. The summed E-state index contributed by atoms with van der Waals surface area (Å²) < 4.78 is 22.5. The maximum atomic E-state index is 12.4. The third kappa shape index (κ3) is 9.03. The van der Waals surface area contributed by atoms with Crippen LogP contribution in [0.5, 0.6) is 0 Å². The molecule has 2 rings (SSSR count). The Kier molecular flexibility index (Phi) is 12.0. The van der Waals surface area contributed by atoms with Crippen LogP contribution >= 0.6 is 0 Å². The molecule has 2 aromatic heterocycles. The fourth-order valence-electron chi connectivity index (χ4n) is 3.85. The van der Waals surface area contributed by atoms with Gasteiger partial charge in [0.15, 0.2) is 0 Å². The van der Waals surface area contributed by atoms with Crippen LogP contribution in [0, 0.1) is 0 Å². The van der Waals surface area contributed by atoms with E-state index in [-0.39, 0.29) is 29.6 Å². The maximum Gasteiger partial charge on any atom is 0.374 e. The van der Waals surface area contributed by atoms with E-state index in [0.717, 1.165) is 38.5 Å². The average molecular weight is 475 g/mol. The molecule has 0 bridgehead atoms. The normalized spacial score (nSPS) is 13.9. The minimum atomic E-state index is -0.460. The fourth-order valence-corrected chi connectivity index (χ4v) is 3.85. The highest BCUT2D eigenvalue weighted by molar-refractivity contribution is 5.87. The number of hydrogen-bond acceptors (Lipinski definition) is 6. The van der Waals surface area contributed by atoms with Crippen molar-refractivity contribution in [2.24, 2.45) is 0 Å². The molecule has 0 aliphatic rings. The van der Waals surface area contributed by atoms with Gasteiger partial charge in [0.2, 0.25) is 11.5 Å². The highest BCUT2D eigenvalue weighted by Gasteiger charge is 2.23. The van der Waals surface area contributed by atoms with Crippen molar-refractivity contribution in [3.05, 3.63) is 47.3 Å². The highest BCUT2D eigenvalue weighted by atomic mass is 16.6. The summed E-state index contributed by atoms with van der Waals surface area (Å²) in [4.78, 5) is 24.8. The molecule has 6 heteroatoms. The molecular weight excluding hydrogens is 432 g/mol. The maximum absolute atomic E-state index is 12.4. The van der Waals surface area contributed by atoms with Gasteiger partial charge in [-0.25, -0.2) is 9.59 Å². The molecule has 0 aliphatic heterocycles. The topological polar surface area (TPSA) is 78.9 Å². The Morgan fingerprint density at radius 3 is 1.47 bits per heavy atom. The molecule has 6 nitrogen and oxygen atoms in total. The Morgan fingerprint density at radius 1 is 0.676 bits per heavy atom. The van der Waals surface area contributed by atoms with Crippen molar-refractivity contribution in [1.29, 1.82) is 0 Å². The van der Waals surface area contributed by atoms with Crippen LogP contribution in [0.15, 0.2) is 33.1 Å². The Labute approximate surface area is 204 Å². The van der Waals surface area contributed by atoms with Crippen LogP contribution in [0.4, 0.5) is 0 Å². The second-order valence-electron chi connectivity index (χ2n) is 9.26. The third-order valence-electron chi connectivity index (χ3n) is 6.05. The number of ether oxygens (including phenoxy) is 2. The fraction of sp³-hybridized carbons (Fsp3) is 0.643. The lowest BCUT2D eigenvalue weighted by atomic mass is 10.1. The van der Waals surface area contributed by atoms with Gasteiger partial charge in [-0.15, -0.1) is 0 Å². The summed E-state index contributed by atoms with van der Waals surface area (Å²) in [6, 6.07) is 6.73. The van der Waals surface area contributed by atoms with Crippen molar-refractivity contribution in [3.8, 4) is 0 Å². The molecule has 0 saturated heterocycles. The van der Waals surface area contributed by atoms with Crippen LogP contribution < -0.4 is 0 Å². The zero-order valence-corrected chi connectivity index (χ0v) is 21.6. The van der Waals surface area contributed by atoms with E-state index in [2.05, 4.69) is 13.8 Å². The molecule has 190 valence electrons. The number of rotatable bonds is 16. The van der Waals surface area contributed by atoms with Gasteiger partial charge in [0, 0.05) is 0 Å². The van der Waals surface area contributed by atoms with Gasteiger partial charge < -0.3 is 18.3 Å². The first-order valence-electron chi connectivity index (χ1n) is 13.0. The molecule has 0 N–H and O–H groups in total. The summed E-state index contributed by atoms with van der Waals surface area (Å²) >= 11 is 0. The van der Waals surface area contributed by atoms with E-state index < -0.39 is 11.9 Å². The second-order valence-corrected chi connectivity index (χ2v) is 9.26. The SMILES string of the molecule is CCCCCCC(C)OC(=O)c1ccc(C(C)c2ccc(C(=O)OC(C)CCCCCC)o2)o1. The quantitative estimate of drug-likeness (QED) is 0.181. The number of esters is 2. The standard InChI is InChI=1S/C28H42O6/c1-6-8-10-12-14-20(3)31-27(29)25-18-16-23(33-25)22(5)24-17-19-26(34-24)28(30)32-21(4)15-13-11-9-7-2/h16-22H,6-15H2,1-5H3. The summed E-state index contributed by atoms with van der Waals surface area (Å²) in [7, 11) is 0. The van der Waals surface area contributed by atoms with Crippen molar-refractivity contribution in [2.45, 2.75) is 117 Å². The summed E-state index contributed by atoms with van der Waals surface area (Å²) in [5.74, 6) is 0.301. The first kappa shape index (κ1) is 27.7. The molecule has 0 saturated carbocycles. The third-order valence-corrected chi connectivity index (χ3v) is 6.05. The number of hydrogen-bond donors (Lipinski definition) is 0. The zero-order valence-electron chi connectivity index (χ0n) is 21.6. The first-order chi connectivity index (χ1) is 16.3. The van der Waals surface area contributed by atoms with Gasteiger partial charge in [0.1, 0.15) is 11.5 Å². The van der Waals surface area contributed by atoms with Gasteiger partial charge in [-0.05, 0) is 70.7 Å². The van der Waals surface area contributed by atoms with E-state index in [9.17, 15) is 9.59 Å². The second kappa shape index (κ2) is 14.7. The molecule has 2 heterocycles. The molecule has 0 aromatic carbocycles. The summed E-state index contributed by atoms with van der Waals surface area (Å²) in [5.41, 5.74) is 0. The largest absolute Gasteiger partial charge is 0.457 e. The van der Waals surface area contributed by atoms with E-state index >= 15 is 0 Å². The van der Waals surface area contributed by atoms with E-state index in [4.69, 9.17) is 18.3 Å². The molecule has 0 fully saturated rings. The number of unbranched alkanes of at least 4 members (excludes halogenated alkanes) is 6. The van der Waals surface area contributed by atoms with Gasteiger partial charge in [0.05, 0.1) is 18.1 Å². The van der Waals surface area contributed by atoms with Gasteiger partial charge >= 0.3 is 11.9 Å². The lowest BCUT2D eigenvalue weighted by molar-refractivity contribution is 0.0275. The van der Waals surface area contributed by atoms with Gasteiger partial charge in [0.25, 0.3) is 0 Å². The molecule has 0 aliphatic carbocycles. The summed E-state index contributed by atoms with van der Waals surface area (Å²) in [6.45, 7) is 10.1. The average Bonchev–Trinajstić information content (AvgIpc) is 3.50. The zero-order chi connectivity index (χ0) is 24.9. The van der Waals surface area contributed by atoms with Crippen LogP contribution in [0.2, 0.25) is 0 Å². The van der Waals surface area contributed by atoms with Crippen molar-refractivity contribution in [1.82, 2.24) is 0 Å². The molecule has 34 heavy (non-hydrogen) atoms. The predicted molar refractivity (Wildman–Crippen MR) is 132 cm³/mol. The van der Waals surface area contributed by atoms with E-state index in [1.807, 2.05) is 20.8 Å². The van der Waals surface area contributed by atoms with Gasteiger partial charge in [-0.1, -0.05) is 52.4 Å². The molecular formula is C28H42O6. The van der Waals surface area contributed by atoms with Crippen LogP contribution in [0.25, 0.3) is 0 Å². The molecule has 2 unspecified atom stereocenters. The van der Waals surface area contributed by atoms with Gasteiger partial charge in [-0.2, -0.15) is 0 Å². The summed E-state index contributed by atoms with van der Waals surface area (Å²) in [6.07, 6.45) is 10.5. The molecule has 2 aromatic rings. The van der Waals surface area contributed by atoms with Crippen LogP contribution in [0.3, 0.4) is 0 Å². The Balaban J connectivity index is 1.87. The Bertz CT molecular complexity index is 794. The minimum Gasteiger partial charge on any atom is -0.457 e. The van der Waals surface area contributed by atoms with E-state index in [1.165, 1.54) is 25.7 Å². The molecule has 0 spiro atoms. The lowest BCUT2D eigenvalue weighted by Gasteiger charge is -2.12. The number of carbonyl (C=O) groups excluding carboxylic acids is 2. The lowest BCUT2D eigenvalue weighted by Crippen LogP contribution is -2.14. The van der Waals surface area contributed by atoms with Crippen molar-refractivity contribution in [3.63, 3.8) is 0 Å². The Morgan fingerprint density at radius 2 is 1.09 bits per heavy atom. The number of carbonyl (C=O) groups is 2. The summed E-state index contributed by atoms with van der Waals surface area (Å²) in [5, 5.41) is 0. The first-order valence-corrected chi connectivity index (χ1v) is 13.0. The smallest absolute Gasteiger partial charge is 0.374 e. The van der Waals surface area contributed by atoms with Crippen LogP contribution in [-0.4, -0.2) is 24.1 Å². The Hall–Kier alpha value is -2.50. The van der Waals surface area contributed by atoms with Gasteiger partial charge in [-0.3, -0.25) is 0 Å². The monoisotopic (exact) mass is 474 g/mol. The molecule has 0 radical (unpaired) electrons. The van der Waals surface area contributed by atoms with Crippen molar-refractivity contribution in [2.75, 3.05) is 0 Å². The molecule has 0 amide bonds.